The van der Waals surface area contributed by atoms with Gasteiger partial charge >= 0.3 is 5.97 Å². The summed E-state index contributed by atoms with van der Waals surface area (Å²) in [6.07, 6.45) is 17.9. The highest BCUT2D eigenvalue weighted by Crippen LogP contribution is 2.67. The molecular formula is C85H159NO29. The quantitative estimate of drug-likeness (QED) is 0.0340. The highest BCUT2D eigenvalue weighted by molar-refractivity contribution is 5.75. The second kappa shape index (κ2) is 75.4. The van der Waals surface area contributed by atoms with Gasteiger partial charge in [-0.1, -0.05) is 65.5 Å². The smallest absolute Gasteiger partial charge is 0.306 e. The van der Waals surface area contributed by atoms with E-state index < -0.39 is 0 Å². The van der Waals surface area contributed by atoms with E-state index >= 15 is 0 Å². The Hall–Kier alpha value is -2.36. The van der Waals surface area contributed by atoms with Crippen molar-refractivity contribution in [2.24, 2.45) is 46.3 Å². The maximum absolute atomic E-state index is 12.9. The third-order valence-corrected chi connectivity index (χ3v) is 21.3. The highest BCUT2D eigenvalue weighted by Gasteiger charge is 2.59. The molecule has 0 heterocycles. The zero-order valence-electron chi connectivity index (χ0n) is 72.1. The Kier molecular flexibility index (Phi) is 68.8. The first-order valence-electron chi connectivity index (χ1n) is 43.7. The van der Waals surface area contributed by atoms with Crippen LogP contribution in [0.5, 0.6) is 0 Å². The van der Waals surface area contributed by atoms with Crippen LogP contribution in [0.3, 0.4) is 0 Å². The van der Waals surface area contributed by atoms with Gasteiger partial charge < -0.3 is 133 Å². The Labute approximate surface area is 691 Å². The molecule has 0 radical (unpaired) electrons. The number of nitrogens with one attached hydrogen (secondary N) is 1. The van der Waals surface area contributed by atoms with Crippen molar-refractivity contribution in [3.05, 3.63) is 11.6 Å². The van der Waals surface area contributed by atoms with Gasteiger partial charge in [0.05, 0.1) is 330 Å². The van der Waals surface area contributed by atoms with Gasteiger partial charge in [0.15, 0.2) is 0 Å². The number of ether oxygens (including phenoxy) is 27. The molecule has 1 N–H and O–H groups in total. The highest BCUT2D eigenvalue weighted by atomic mass is 16.6. The van der Waals surface area contributed by atoms with E-state index in [1.165, 1.54) is 51.4 Å². The Balaban J connectivity index is 0.716. The lowest BCUT2D eigenvalue weighted by molar-refractivity contribution is -0.152. The summed E-state index contributed by atoms with van der Waals surface area (Å²) in [5.74, 6) is 4.79. The average Bonchev–Trinajstić information content (AvgIpc) is 1.68. The second-order valence-corrected chi connectivity index (χ2v) is 30.2. The van der Waals surface area contributed by atoms with Crippen molar-refractivity contribution >= 4 is 11.9 Å². The second-order valence-electron chi connectivity index (χ2n) is 30.2. The van der Waals surface area contributed by atoms with E-state index in [1.807, 2.05) is 0 Å². The minimum atomic E-state index is -0.0999. The van der Waals surface area contributed by atoms with E-state index in [2.05, 4.69) is 46.0 Å². The van der Waals surface area contributed by atoms with Gasteiger partial charge in [0.1, 0.15) is 6.10 Å². The number of esters is 1. The number of fused-ring (bicyclic) bond motifs is 5. The third kappa shape index (κ3) is 55.4. The van der Waals surface area contributed by atoms with Crippen LogP contribution in [0.4, 0.5) is 0 Å². The predicted molar refractivity (Wildman–Crippen MR) is 432 cm³/mol. The molecule has 0 aromatic rings. The van der Waals surface area contributed by atoms with Crippen molar-refractivity contribution in [2.45, 2.75) is 131 Å². The van der Waals surface area contributed by atoms with Crippen LogP contribution >= 0.6 is 0 Å². The van der Waals surface area contributed by atoms with Gasteiger partial charge in [0.25, 0.3) is 0 Å². The van der Waals surface area contributed by atoms with E-state index in [0.29, 0.717) is 368 Å². The summed E-state index contributed by atoms with van der Waals surface area (Å²) in [5, 5.41) is 2.79. The van der Waals surface area contributed by atoms with Gasteiger partial charge in [-0.25, -0.2) is 0 Å². The molecule has 0 saturated heterocycles. The molecule has 678 valence electrons. The summed E-state index contributed by atoms with van der Waals surface area (Å²) in [5.41, 5.74) is 2.33. The summed E-state index contributed by atoms with van der Waals surface area (Å²) >= 11 is 0. The number of hydrogen-bond acceptors (Lipinski definition) is 29. The molecule has 0 spiro atoms. The van der Waals surface area contributed by atoms with Crippen LogP contribution in [0, 0.1) is 46.3 Å². The Morgan fingerprint density at radius 3 is 1.02 bits per heavy atom. The molecule has 4 aliphatic rings. The summed E-state index contributed by atoms with van der Waals surface area (Å²) in [6, 6.07) is 0. The third-order valence-electron chi connectivity index (χ3n) is 21.3. The molecule has 0 aliphatic heterocycles. The molecule has 8 atom stereocenters. The lowest BCUT2D eigenvalue weighted by atomic mass is 9.47. The van der Waals surface area contributed by atoms with Gasteiger partial charge in [0.2, 0.25) is 5.91 Å². The van der Waals surface area contributed by atoms with Crippen molar-refractivity contribution in [1.82, 2.24) is 5.32 Å². The fourth-order valence-electron chi connectivity index (χ4n) is 15.2. The van der Waals surface area contributed by atoms with Crippen molar-refractivity contribution in [1.29, 1.82) is 0 Å². The topological polar surface area (TPSA) is 295 Å². The van der Waals surface area contributed by atoms with Crippen LogP contribution in [-0.4, -0.2) is 369 Å². The molecule has 1 amide bonds. The Morgan fingerprint density at radius 2 is 0.678 bits per heavy atom. The van der Waals surface area contributed by atoms with Gasteiger partial charge in [-0.05, 0) is 97.7 Å². The fourth-order valence-corrected chi connectivity index (χ4v) is 15.2. The summed E-state index contributed by atoms with van der Waals surface area (Å²) in [4.78, 5) is 24.7. The van der Waals surface area contributed by atoms with Crippen LogP contribution in [0.25, 0.3) is 0 Å². The monoisotopic (exact) mass is 1660 g/mol. The van der Waals surface area contributed by atoms with Crippen molar-refractivity contribution < 1.29 is 137 Å². The predicted octanol–water partition coefficient (Wildman–Crippen LogP) is 8.29. The number of hydrogen-bond donors (Lipinski definition) is 1. The normalized spacial score (nSPS) is 20.3. The summed E-state index contributed by atoms with van der Waals surface area (Å²) < 4.78 is 150. The van der Waals surface area contributed by atoms with Gasteiger partial charge in [-0.15, -0.1) is 0 Å². The number of rotatable bonds is 88. The van der Waals surface area contributed by atoms with Crippen molar-refractivity contribution in [3.8, 4) is 0 Å². The van der Waals surface area contributed by atoms with Crippen molar-refractivity contribution in [2.75, 3.05) is 351 Å². The zero-order valence-corrected chi connectivity index (χ0v) is 72.1. The molecule has 30 heteroatoms. The lowest BCUT2D eigenvalue weighted by Crippen LogP contribution is -2.51. The van der Waals surface area contributed by atoms with Crippen LogP contribution in [0.2, 0.25) is 0 Å². The molecule has 4 rings (SSSR count). The Morgan fingerprint density at radius 1 is 0.357 bits per heavy atom. The minimum Gasteiger partial charge on any atom is -0.462 e. The van der Waals surface area contributed by atoms with Crippen LogP contribution < -0.4 is 5.32 Å². The first-order valence-corrected chi connectivity index (χ1v) is 43.7. The molecule has 3 fully saturated rings. The summed E-state index contributed by atoms with van der Waals surface area (Å²) in [6.45, 7) is 37.2. The SMILES string of the molecule is COCCOCCOCCC(=O)NCCOCCOCCOCCOCCOCCOCCOCCOCCOCCOCCOCCOCCOCCOCCOCCOCCOCCOCCOCCOCCOCCOCCOCCCC(=O)OC1CC[C@]2(C)C(=CC[C@@H]3[C@H]4CC[C@@H]([C@@H](C)CCCC(C)C)[C@]4(C)CC[C@H]32)C1. The molecule has 4 aliphatic carbocycles. The molecule has 0 aromatic heterocycles. The van der Waals surface area contributed by atoms with E-state index in [-0.39, 0.29) is 23.4 Å². The Bertz CT molecular complexity index is 2200. The first-order chi connectivity index (χ1) is 56.6. The number of amides is 1. The molecule has 115 heavy (non-hydrogen) atoms. The number of allylic oxidation sites excluding steroid dienone is 1. The standard InChI is InChI=1S/C85H159NO29/c1-74(2)9-7-10-75(3)79-14-15-80-78-13-12-76-73-77(16-19-84(76,4)81(78)17-20-85(79,80)5)115-83(88)11-8-22-90-27-30-94-33-35-96-37-39-98-41-43-100-45-47-102-49-51-104-53-55-106-57-59-108-61-63-110-65-67-112-69-71-114-72-70-113-68-66-111-64-62-109-60-58-107-56-54-105-52-50-103-48-46-101-44-42-99-40-38-97-36-34-95-32-29-92-24-21-86-82(87)18-23-91-28-31-93-26-25-89-6/h12,74-75,77-81H,7-11,13-73H2,1-6H3,(H,86,87)/t75-,77?,78+,79-,80+,81+,84+,85-/m0/s1. The van der Waals surface area contributed by atoms with E-state index in [1.54, 1.807) is 12.7 Å². The summed E-state index contributed by atoms with van der Waals surface area (Å²) in [7, 11) is 1.62. The molecular weight excluding hydrogens is 1500 g/mol. The average molecular weight is 1660 g/mol. The van der Waals surface area contributed by atoms with E-state index in [0.717, 1.165) is 54.8 Å². The molecule has 1 unspecified atom stereocenters. The van der Waals surface area contributed by atoms with Crippen molar-refractivity contribution in [3.63, 3.8) is 0 Å². The van der Waals surface area contributed by atoms with Crippen LogP contribution in [0.1, 0.15) is 125 Å². The first kappa shape index (κ1) is 105. The van der Waals surface area contributed by atoms with E-state index in [9.17, 15) is 9.59 Å². The van der Waals surface area contributed by atoms with Crippen LogP contribution in [-0.2, 0) is 137 Å². The minimum absolute atomic E-state index is 0.000215. The maximum Gasteiger partial charge on any atom is 0.306 e. The number of carbonyl (C=O) groups is 2. The molecule has 0 aromatic carbocycles. The van der Waals surface area contributed by atoms with Crippen LogP contribution in [0.15, 0.2) is 11.6 Å². The number of carbonyl (C=O) groups excluding carboxylic acids is 2. The zero-order chi connectivity index (χ0) is 81.9. The number of methoxy groups -OCH3 is 1. The van der Waals surface area contributed by atoms with E-state index in [4.69, 9.17) is 128 Å². The molecule has 3 saturated carbocycles. The van der Waals surface area contributed by atoms with Gasteiger partial charge in [0, 0.05) is 39.5 Å². The fraction of sp³-hybridized carbons (Fsp3) is 0.953. The maximum atomic E-state index is 12.9. The molecule has 30 nitrogen and oxygen atoms in total. The molecule has 0 bridgehead atoms. The van der Waals surface area contributed by atoms with Gasteiger partial charge in [-0.3, -0.25) is 9.59 Å². The lowest BCUT2D eigenvalue weighted by Gasteiger charge is -2.58. The largest absolute Gasteiger partial charge is 0.462 e. The van der Waals surface area contributed by atoms with Gasteiger partial charge in [-0.2, -0.15) is 0 Å².